The molecule has 140 valence electrons. The van der Waals surface area contributed by atoms with Gasteiger partial charge in [-0.2, -0.15) is 0 Å². The second-order valence-electron chi connectivity index (χ2n) is 6.27. The first-order valence-electron chi connectivity index (χ1n) is 9.04. The Hall–Kier alpha value is -2.38. The molecule has 2 aromatic rings. The van der Waals surface area contributed by atoms with Crippen LogP contribution in [0.3, 0.4) is 0 Å². The summed E-state index contributed by atoms with van der Waals surface area (Å²) in [4.78, 5) is 9.07. The van der Waals surface area contributed by atoms with E-state index < -0.39 is 0 Å². The third-order valence-electron chi connectivity index (χ3n) is 4.40. The molecule has 2 heterocycles. The highest BCUT2D eigenvalue weighted by atomic mass is 16.5. The summed E-state index contributed by atoms with van der Waals surface area (Å²) in [6.45, 7) is 6.74. The van der Waals surface area contributed by atoms with Crippen LogP contribution in [0.4, 0.5) is 0 Å². The summed E-state index contributed by atoms with van der Waals surface area (Å²) in [5, 5.41) is 7.37. The first-order chi connectivity index (χ1) is 12.8. The molecule has 0 atom stereocenters. The fourth-order valence-electron chi connectivity index (χ4n) is 3.00. The Kier molecular flexibility index (Phi) is 7.04. The number of aromatic nitrogens is 1. The van der Waals surface area contributed by atoms with Crippen molar-refractivity contribution in [1.82, 2.24) is 20.3 Å². The van der Waals surface area contributed by atoms with Crippen LogP contribution < -0.4 is 5.32 Å². The van der Waals surface area contributed by atoms with Crippen LogP contribution in [-0.2, 0) is 17.9 Å². The van der Waals surface area contributed by atoms with E-state index in [-0.39, 0.29) is 0 Å². The van der Waals surface area contributed by atoms with Gasteiger partial charge >= 0.3 is 0 Å². The molecule has 1 aliphatic rings. The van der Waals surface area contributed by atoms with Gasteiger partial charge in [-0.25, -0.2) is 0 Å². The van der Waals surface area contributed by atoms with Crippen molar-refractivity contribution < 1.29 is 9.26 Å². The Balaban J connectivity index is 1.33. The predicted molar refractivity (Wildman–Crippen MR) is 101 cm³/mol. The van der Waals surface area contributed by atoms with Gasteiger partial charge in [0.25, 0.3) is 0 Å². The fraction of sp³-hybridized carbons (Fsp3) is 0.474. The summed E-state index contributed by atoms with van der Waals surface area (Å²) >= 11 is 0. The third kappa shape index (κ3) is 5.57. The molecule has 26 heavy (non-hydrogen) atoms. The van der Waals surface area contributed by atoms with Gasteiger partial charge in [0.1, 0.15) is 6.26 Å². The number of nitrogens with one attached hydrogen (secondary N) is 1. The van der Waals surface area contributed by atoms with Crippen molar-refractivity contribution in [3.63, 3.8) is 0 Å². The molecule has 0 unspecified atom stereocenters. The van der Waals surface area contributed by atoms with E-state index in [9.17, 15) is 0 Å². The monoisotopic (exact) mass is 357 g/mol. The van der Waals surface area contributed by atoms with Crippen LogP contribution in [0.5, 0.6) is 0 Å². The highest BCUT2D eigenvalue weighted by molar-refractivity contribution is 5.79. The standard InChI is InChI=1S/C19H27N5O2/c1-20-19(21-8-14-25-16-17-5-3-2-4-6-17)24-11-9-23(10-12-24)15-18-7-13-26-22-18/h2-7,13H,8-12,14-16H2,1H3,(H,20,21). The number of rotatable bonds is 7. The quantitative estimate of drug-likeness (QED) is 0.461. The van der Waals surface area contributed by atoms with Gasteiger partial charge in [-0.3, -0.25) is 9.89 Å². The van der Waals surface area contributed by atoms with Crippen LogP contribution in [0.15, 0.2) is 52.2 Å². The first kappa shape index (κ1) is 18.4. The van der Waals surface area contributed by atoms with Gasteiger partial charge in [0.15, 0.2) is 5.96 Å². The molecular formula is C19H27N5O2. The highest BCUT2D eigenvalue weighted by Gasteiger charge is 2.20. The maximum absolute atomic E-state index is 5.72. The number of aliphatic imine (C=N–C) groups is 1. The molecule has 0 bridgehead atoms. The molecule has 1 N–H and O–H groups in total. The molecule has 7 heteroatoms. The first-order valence-corrected chi connectivity index (χ1v) is 9.04. The molecule has 1 fully saturated rings. The number of hydrogen-bond acceptors (Lipinski definition) is 5. The lowest BCUT2D eigenvalue weighted by Gasteiger charge is -2.36. The van der Waals surface area contributed by atoms with Gasteiger partial charge < -0.3 is 19.5 Å². The van der Waals surface area contributed by atoms with Crippen LogP contribution in [0, 0.1) is 0 Å². The lowest BCUT2D eigenvalue weighted by molar-refractivity contribution is 0.124. The highest BCUT2D eigenvalue weighted by Crippen LogP contribution is 2.07. The zero-order chi connectivity index (χ0) is 18.0. The minimum atomic E-state index is 0.641. The van der Waals surface area contributed by atoms with Crippen molar-refractivity contribution in [3.8, 4) is 0 Å². The molecule has 0 aliphatic carbocycles. The summed E-state index contributed by atoms with van der Waals surface area (Å²) in [7, 11) is 1.83. The minimum absolute atomic E-state index is 0.641. The van der Waals surface area contributed by atoms with Crippen molar-refractivity contribution in [2.45, 2.75) is 13.2 Å². The van der Waals surface area contributed by atoms with Gasteiger partial charge in [0.2, 0.25) is 0 Å². The van der Waals surface area contributed by atoms with Crippen molar-refractivity contribution in [1.29, 1.82) is 0 Å². The minimum Gasteiger partial charge on any atom is -0.375 e. The maximum atomic E-state index is 5.72. The summed E-state index contributed by atoms with van der Waals surface area (Å²) in [5.74, 6) is 0.939. The number of nitrogens with zero attached hydrogens (tertiary/aromatic N) is 4. The van der Waals surface area contributed by atoms with Crippen molar-refractivity contribution in [2.75, 3.05) is 46.4 Å². The van der Waals surface area contributed by atoms with Crippen LogP contribution in [0.2, 0.25) is 0 Å². The number of piperazine rings is 1. The van der Waals surface area contributed by atoms with E-state index >= 15 is 0 Å². The van der Waals surface area contributed by atoms with Crippen LogP contribution in [0.25, 0.3) is 0 Å². The molecule has 0 amide bonds. The van der Waals surface area contributed by atoms with Crippen molar-refractivity contribution in [2.24, 2.45) is 4.99 Å². The van der Waals surface area contributed by atoms with Gasteiger partial charge in [0, 0.05) is 52.4 Å². The summed E-state index contributed by atoms with van der Waals surface area (Å²) in [6.07, 6.45) is 1.62. The lowest BCUT2D eigenvalue weighted by Crippen LogP contribution is -2.52. The Morgan fingerprint density at radius 1 is 1.19 bits per heavy atom. The zero-order valence-corrected chi connectivity index (χ0v) is 15.3. The molecule has 3 rings (SSSR count). The van der Waals surface area contributed by atoms with Crippen LogP contribution >= 0.6 is 0 Å². The van der Waals surface area contributed by atoms with Gasteiger partial charge in [-0.1, -0.05) is 35.5 Å². The Labute approximate surface area is 154 Å². The fourth-order valence-corrected chi connectivity index (χ4v) is 3.00. The Morgan fingerprint density at radius 3 is 2.69 bits per heavy atom. The maximum Gasteiger partial charge on any atom is 0.193 e. The molecule has 1 aromatic heterocycles. The van der Waals surface area contributed by atoms with Crippen molar-refractivity contribution in [3.05, 3.63) is 53.9 Å². The molecule has 7 nitrogen and oxygen atoms in total. The zero-order valence-electron chi connectivity index (χ0n) is 15.3. The van der Waals surface area contributed by atoms with Crippen LogP contribution in [0.1, 0.15) is 11.3 Å². The van der Waals surface area contributed by atoms with Crippen LogP contribution in [-0.4, -0.2) is 67.3 Å². The van der Waals surface area contributed by atoms with E-state index in [1.54, 1.807) is 6.26 Å². The third-order valence-corrected chi connectivity index (χ3v) is 4.40. The predicted octanol–water partition coefficient (Wildman–Crippen LogP) is 1.58. The van der Waals surface area contributed by atoms with E-state index in [4.69, 9.17) is 9.26 Å². The molecule has 0 radical (unpaired) electrons. The number of ether oxygens (including phenoxy) is 1. The number of hydrogen-bond donors (Lipinski definition) is 1. The average Bonchev–Trinajstić information content (AvgIpc) is 3.19. The summed E-state index contributed by atoms with van der Waals surface area (Å²) in [5.41, 5.74) is 2.18. The number of guanidine groups is 1. The second-order valence-corrected chi connectivity index (χ2v) is 6.27. The molecule has 1 aromatic carbocycles. The van der Waals surface area contributed by atoms with E-state index in [1.165, 1.54) is 5.56 Å². The smallest absolute Gasteiger partial charge is 0.193 e. The van der Waals surface area contributed by atoms with E-state index in [0.29, 0.717) is 13.2 Å². The largest absolute Gasteiger partial charge is 0.375 e. The van der Waals surface area contributed by atoms with E-state index in [0.717, 1.165) is 50.9 Å². The Morgan fingerprint density at radius 2 is 2.00 bits per heavy atom. The van der Waals surface area contributed by atoms with Gasteiger partial charge in [-0.05, 0) is 5.56 Å². The van der Waals surface area contributed by atoms with Gasteiger partial charge in [-0.15, -0.1) is 0 Å². The molecule has 0 saturated carbocycles. The topological polar surface area (TPSA) is 66.1 Å². The lowest BCUT2D eigenvalue weighted by atomic mass is 10.2. The van der Waals surface area contributed by atoms with E-state index in [2.05, 4.69) is 37.4 Å². The molecule has 1 aliphatic heterocycles. The molecule has 0 spiro atoms. The average molecular weight is 357 g/mol. The van der Waals surface area contributed by atoms with Gasteiger partial charge in [0.05, 0.1) is 18.9 Å². The molecule has 1 saturated heterocycles. The second kappa shape index (κ2) is 9.94. The molecular weight excluding hydrogens is 330 g/mol. The van der Waals surface area contributed by atoms with E-state index in [1.807, 2.05) is 31.3 Å². The normalized spacial score (nSPS) is 16.0. The Bertz CT molecular complexity index is 652. The summed E-state index contributed by atoms with van der Waals surface area (Å²) in [6, 6.07) is 12.1. The summed E-state index contributed by atoms with van der Waals surface area (Å²) < 4.78 is 10.6. The SMILES string of the molecule is CN=C(NCCOCc1ccccc1)N1CCN(Cc2ccon2)CC1. The number of benzene rings is 1. The van der Waals surface area contributed by atoms with Crippen molar-refractivity contribution >= 4 is 5.96 Å².